The number of aromatic nitrogens is 5. The number of methoxy groups -OCH3 is 1. The highest BCUT2D eigenvalue weighted by molar-refractivity contribution is 7.99. The first-order valence-corrected chi connectivity index (χ1v) is 11.2. The van der Waals surface area contributed by atoms with Crippen molar-refractivity contribution in [1.82, 2.24) is 24.8 Å². The van der Waals surface area contributed by atoms with E-state index in [-0.39, 0.29) is 11.5 Å². The Labute approximate surface area is 191 Å². The van der Waals surface area contributed by atoms with Crippen LogP contribution < -0.4 is 4.74 Å². The van der Waals surface area contributed by atoms with Crippen LogP contribution in [0.2, 0.25) is 0 Å². The maximum absolute atomic E-state index is 13.1. The zero-order chi connectivity index (χ0) is 22.8. The van der Waals surface area contributed by atoms with Crippen LogP contribution in [0.3, 0.4) is 0 Å². The van der Waals surface area contributed by atoms with Crippen LogP contribution in [0.1, 0.15) is 32.9 Å². The molecule has 32 heavy (non-hydrogen) atoms. The fourth-order valence-electron chi connectivity index (χ4n) is 3.67. The molecule has 0 saturated carbocycles. The van der Waals surface area contributed by atoms with E-state index in [1.807, 2.05) is 44.2 Å². The molecule has 0 atom stereocenters. The van der Waals surface area contributed by atoms with E-state index in [9.17, 15) is 4.79 Å². The Balaban J connectivity index is 1.53. The number of benzene rings is 2. The normalized spacial score (nSPS) is 11.0. The van der Waals surface area contributed by atoms with Gasteiger partial charge in [0.25, 0.3) is 0 Å². The summed E-state index contributed by atoms with van der Waals surface area (Å²) in [5.74, 6) is 1.04. The number of carbonyl (C=O) groups excluding carboxylic acids is 1. The fourth-order valence-corrected chi connectivity index (χ4v) is 4.44. The number of thioether (sulfide) groups is 1. The molecule has 0 bridgehead atoms. The molecule has 2 aromatic heterocycles. The molecule has 0 radical (unpaired) electrons. The number of rotatable bonds is 7. The summed E-state index contributed by atoms with van der Waals surface area (Å²) in [5.41, 5.74) is 7.03. The van der Waals surface area contributed by atoms with Gasteiger partial charge in [-0.2, -0.15) is 4.68 Å². The lowest BCUT2D eigenvalue weighted by molar-refractivity contribution is 0.102. The Morgan fingerprint density at radius 2 is 1.69 bits per heavy atom. The quantitative estimate of drug-likeness (QED) is 0.303. The molecule has 4 aromatic rings. The average molecular weight is 448 g/mol. The van der Waals surface area contributed by atoms with Gasteiger partial charge in [-0.1, -0.05) is 17.8 Å². The van der Waals surface area contributed by atoms with Gasteiger partial charge in [0, 0.05) is 22.6 Å². The number of tetrazole rings is 1. The van der Waals surface area contributed by atoms with Crippen LogP contribution in [0, 0.1) is 27.7 Å². The first kappa shape index (κ1) is 21.8. The molecule has 164 valence electrons. The van der Waals surface area contributed by atoms with E-state index in [0.29, 0.717) is 5.16 Å². The molecule has 7 nitrogen and oxygen atoms in total. The minimum atomic E-state index is 0.0439. The van der Waals surface area contributed by atoms with E-state index in [1.165, 1.54) is 22.9 Å². The molecule has 0 spiro atoms. The van der Waals surface area contributed by atoms with Gasteiger partial charge in [0.1, 0.15) is 5.75 Å². The van der Waals surface area contributed by atoms with Gasteiger partial charge >= 0.3 is 0 Å². The lowest BCUT2D eigenvalue weighted by atomic mass is 10.1. The minimum absolute atomic E-state index is 0.0439. The molecule has 0 aliphatic heterocycles. The molecule has 0 saturated heterocycles. The third kappa shape index (κ3) is 4.18. The summed E-state index contributed by atoms with van der Waals surface area (Å²) < 4.78 is 8.95. The highest BCUT2D eigenvalue weighted by atomic mass is 32.2. The van der Waals surface area contributed by atoms with Gasteiger partial charge in [0.15, 0.2) is 5.78 Å². The molecule has 0 N–H and O–H groups in total. The smallest absolute Gasteiger partial charge is 0.214 e. The van der Waals surface area contributed by atoms with Crippen molar-refractivity contribution in [3.63, 3.8) is 0 Å². The van der Waals surface area contributed by atoms with Crippen molar-refractivity contribution >= 4 is 17.5 Å². The number of aryl methyl sites for hydroxylation is 3. The van der Waals surface area contributed by atoms with Crippen LogP contribution in [0.4, 0.5) is 0 Å². The van der Waals surface area contributed by atoms with Crippen molar-refractivity contribution < 1.29 is 9.53 Å². The lowest BCUT2D eigenvalue weighted by Crippen LogP contribution is -2.07. The second kappa shape index (κ2) is 9.00. The third-order valence-electron chi connectivity index (χ3n) is 5.57. The van der Waals surface area contributed by atoms with Crippen LogP contribution in [0.25, 0.3) is 11.4 Å². The van der Waals surface area contributed by atoms with Crippen LogP contribution >= 0.6 is 11.8 Å². The molecule has 4 rings (SSSR count). The lowest BCUT2D eigenvalue weighted by Gasteiger charge is -2.12. The summed E-state index contributed by atoms with van der Waals surface area (Å²) in [6.45, 7) is 8.21. The molecule has 8 heteroatoms. The number of ketones is 1. The van der Waals surface area contributed by atoms with Crippen molar-refractivity contribution in [2.75, 3.05) is 12.9 Å². The van der Waals surface area contributed by atoms with Crippen LogP contribution in [0.5, 0.6) is 5.75 Å². The Bertz CT molecular complexity index is 1270. The van der Waals surface area contributed by atoms with E-state index < -0.39 is 0 Å². The largest absolute Gasteiger partial charge is 0.497 e. The first-order chi connectivity index (χ1) is 15.4. The number of ether oxygens (including phenoxy) is 1. The van der Waals surface area contributed by atoms with Gasteiger partial charge in [-0.25, -0.2) is 0 Å². The molecule has 0 unspecified atom stereocenters. The van der Waals surface area contributed by atoms with E-state index >= 15 is 0 Å². The van der Waals surface area contributed by atoms with Crippen LogP contribution in [-0.2, 0) is 0 Å². The van der Waals surface area contributed by atoms with Crippen LogP contribution in [-0.4, -0.2) is 43.4 Å². The molecular weight excluding hydrogens is 422 g/mol. The molecule has 0 amide bonds. The van der Waals surface area contributed by atoms with Crippen LogP contribution in [0.15, 0.2) is 53.7 Å². The highest BCUT2D eigenvalue weighted by Gasteiger charge is 2.19. The Kier molecular flexibility index (Phi) is 6.14. The third-order valence-corrected chi connectivity index (χ3v) is 6.49. The van der Waals surface area contributed by atoms with Crippen molar-refractivity contribution in [2.45, 2.75) is 32.9 Å². The van der Waals surface area contributed by atoms with E-state index in [2.05, 4.69) is 52.1 Å². The Morgan fingerprint density at radius 3 is 2.38 bits per heavy atom. The standard InChI is InChI=1S/C24H25N5O2S/c1-15-6-7-20(12-16(15)2)28-17(3)13-22(18(28)4)23(30)14-32-24-25-26-27-29(24)19-8-10-21(31-5)11-9-19/h6-13H,14H2,1-5H3. The number of hydrogen-bond acceptors (Lipinski definition) is 6. The van der Waals surface area contributed by atoms with E-state index in [1.54, 1.807) is 11.8 Å². The summed E-state index contributed by atoms with van der Waals surface area (Å²) in [6.07, 6.45) is 0. The van der Waals surface area contributed by atoms with Gasteiger partial charge in [-0.05, 0) is 91.7 Å². The molecule has 0 aliphatic rings. The predicted molar refractivity (Wildman–Crippen MR) is 125 cm³/mol. The zero-order valence-corrected chi connectivity index (χ0v) is 19.6. The molecule has 0 fully saturated rings. The SMILES string of the molecule is COc1ccc(-n2nnnc2SCC(=O)c2cc(C)n(-c3ccc(C)c(C)c3)c2C)cc1. The second-order valence-corrected chi connectivity index (χ2v) is 8.61. The number of carbonyl (C=O) groups is 1. The predicted octanol–water partition coefficient (Wildman–Crippen LogP) is 4.67. The van der Waals surface area contributed by atoms with Gasteiger partial charge < -0.3 is 9.30 Å². The minimum Gasteiger partial charge on any atom is -0.497 e. The zero-order valence-electron chi connectivity index (χ0n) is 18.8. The number of Topliss-reactive ketones (excluding diaryl/α,β-unsaturated/α-hetero) is 1. The maximum atomic E-state index is 13.1. The number of nitrogens with zero attached hydrogens (tertiary/aromatic N) is 5. The Morgan fingerprint density at radius 1 is 0.969 bits per heavy atom. The summed E-state index contributed by atoms with van der Waals surface area (Å²) in [4.78, 5) is 13.1. The van der Waals surface area contributed by atoms with Gasteiger partial charge in [-0.15, -0.1) is 5.10 Å². The maximum Gasteiger partial charge on any atom is 0.214 e. The number of hydrogen-bond donors (Lipinski definition) is 0. The topological polar surface area (TPSA) is 74.8 Å². The van der Waals surface area contributed by atoms with Crippen molar-refractivity contribution in [3.05, 3.63) is 76.6 Å². The fraction of sp³-hybridized carbons (Fsp3) is 0.250. The Hall–Kier alpha value is -3.39. The summed E-state index contributed by atoms with van der Waals surface area (Å²) in [7, 11) is 1.62. The summed E-state index contributed by atoms with van der Waals surface area (Å²) in [5, 5.41) is 12.5. The van der Waals surface area contributed by atoms with Gasteiger partial charge in [0.05, 0.1) is 18.6 Å². The van der Waals surface area contributed by atoms with E-state index in [4.69, 9.17) is 4.74 Å². The van der Waals surface area contributed by atoms with Crippen molar-refractivity contribution in [1.29, 1.82) is 0 Å². The van der Waals surface area contributed by atoms with E-state index in [0.717, 1.165) is 34.1 Å². The second-order valence-electron chi connectivity index (χ2n) is 7.67. The summed E-state index contributed by atoms with van der Waals surface area (Å²) >= 11 is 1.32. The molecule has 2 aromatic carbocycles. The molecular formula is C24H25N5O2S. The first-order valence-electron chi connectivity index (χ1n) is 10.2. The van der Waals surface area contributed by atoms with Crippen molar-refractivity contribution in [3.8, 4) is 17.1 Å². The van der Waals surface area contributed by atoms with Gasteiger partial charge in [-0.3, -0.25) is 4.79 Å². The average Bonchev–Trinajstić information content (AvgIpc) is 3.38. The highest BCUT2D eigenvalue weighted by Crippen LogP contribution is 2.26. The monoisotopic (exact) mass is 447 g/mol. The van der Waals surface area contributed by atoms with Gasteiger partial charge in [0.2, 0.25) is 5.16 Å². The summed E-state index contributed by atoms with van der Waals surface area (Å²) in [6, 6.07) is 15.8. The van der Waals surface area contributed by atoms with Crippen molar-refractivity contribution in [2.24, 2.45) is 0 Å². The molecule has 2 heterocycles. The molecule has 0 aliphatic carbocycles.